The van der Waals surface area contributed by atoms with Gasteiger partial charge in [0.25, 0.3) is 5.91 Å². The minimum atomic E-state index is 0.0687. The summed E-state index contributed by atoms with van der Waals surface area (Å²) < 4.78 is 16.0. The molecule has 0 unspecified atom stereocenters. The Bertz CT molecular complexity index is 743. The number of furan rings is 1. The van der Waals surface area contributed by atoms with Crippen molar-refractivity contribution in [3.63, 3.8) is 0 Å². The topological polar surface area (TPSA) is 55.2 Å². The third-order valence-electron chi connectivity index (χ3n) is 4.78. The summed E-state index contributed by atoms with van der Waals surface area (Å²) in [5.41, 5.74) is 1.72. The summed E-state index contributed by atoms with van der Waals surface area (Å²) in [6.45, 7) is 3.25. The highest BCUT2D eigenvalue weighted by atomic mass is 16.5. The van der Waals surface area contributed by atoms with Gasteiger partial charge >= 0.3 is 0 Å². The lowest BCUT2D eigenvalue weighted by Crippen LogP contribution is -2.29. The number of likely N-dealkylation sites (N-methyl/N-ethyl adjacent to an activating group) is 1. The van der Waals surface area contributed by atoms with Crippen LogP contribution >= 0.6 is 0 Å². The molecule has 1 aliphatic rings. The monoisotopic (exact) mass is 358 g/mol. The van der Waals surface area contributed by atoms with Gasteiger partial charge in [0.15, 0.2) is 11.5 Å². The highest BCUT2D eigenvalue weighted by Gasteiger charge is 2.29. The van der Waals surface area contributed by atoms with Crippen LogP contribution in [0.2, 0.25) is 0 Å². The summed E-state index contributed by atoms with van der Waals surface area (Å²) in [4.78, 5) is 16.8. The zero-order chi connectivity index (χ0) is 18.5. The second kappa shape index (κ2) is 8.27. The molecule has 0 saturated heterocycles. The third kappa shape index (κ3) is 4.02. The Morgan fingerprint density at radius 2 is 1.96 bits per heavy atom. The van der Waals surface area contributed by atoms with Crippen molar-refractivity contribution in [2.45, 2.75) is 19.4 Å². The van der Waals surface area contributed by atoms with Gasteiger partial charge < -0.3 is 23.7 Å². The Balaban J connectivity index is 1.49. The number of benzene rings is 1. The molecule has 0 radical (unpaired) electrons. The predicted octanol–water partition coefficient (Wildman–Crippen LogP) is 2.82. The van der Waals surface area contributed by atoms with Crippen LogP contribution in [0.3, 0.4) is 0 Å². The molecule has 0 aliphatic carbocycles. The van der Waals surface area contributed by atoms with E-state index in [9.17, 15) is 4.79 Å². The maximum Gasteiger partial charge on any atom is 0.254 e. The van der Waals surface area contributed by atoms with Crippen molar-refractivity contribution >= 4 is 5.91 Å². The normalized spacial score (nSPS) is 13.4. The minimum absolute atomic E-state index is 0.0687. The number of carbonyl (C=O) groups excluding carboxylic acids is 1. The van der Waals surface area contributed by atoms with Gasteiger partial charge in [-0.25, -0.2) is 0 Å². The number of rotatable bonds is 9. The number of ether oxygens (including phenoxy) is 2. The zero-order valence-corrected chi connectivity index (χ0v) is 15.7. The molecule has 0 bridgehead atoms. The quantitative estimate of drug-likeness (QED) is 0.690. The van der Waals surface area contributed by atoms with Gasteiger partial charge in [-0.2, -0.15) is 0 Å². The molecular weight excluding hydrogens is 332 g/mol. The average molecular weight is 358 g/mol. The summed E-state index contributed by atoms with van der Waals surface area (Å²) >= 11 is 0. The highest BCUT2D eigenvalue weighted by molar-refractivity contribution is 5.99. The van der Waals surface area contributed by atoms with Crippen molar-refractivity contribution < 1.29 is 18.7 Å². The van der Waals surface area contributed by atoms with Crippen molar-refractivity contribution in [2.24, 2.45) is 0 Å². The molecule has 0 saturated carbocycles. The van der Waals surface area contributed by atoms with Crippen LogP contribution in [-0.2, 0) is 13.0 Å². The van der Waals surface area contributed by atoms with E-state index in [4.69, 9.17) is 13.9 Å². The van der Waals surface area contributed by atoms with Crippen molar-refractivity contribution in [3.05, 3.63) is 47.4 Å². The second-order valence-electron chi connectivity index (χ2n) is 6.58. The standard InChI is InChI=1S/C20H26N2O4/c1-21(10-7-16-6-4-11-26-16)8-5-9-22-14-15-12-18(24-2)19(25-3)13-17(15)20(22)23/h4,6,11-13H,5,7-10,14H2,1-3H3. The van der Waals surface area contributed by atoms with E-state index in [-0.39, 0.29) is 5.91 Å². The molecule has 1 aromatic carbocycles. The van der Waals surface area contributed by atoms with Crippen LogP contribution in [0, 0.1) is 0 Å². The number of carbonyl (C=O) groups is 1. The van der Waals surface area contributed by atoms with E-state index in [0.717, 1.165) is 43.8 Å². The van der Waals surface area contributed by atoms with Crippen LogP contribution in [0.15, 0.2) is 34.9 Å². The van der Waals surface area contributed by atoms with Gasteiger partial charge in [-0.15, -0.1) is 0 Å². The molecule has 1 aromatic heterocycles. The lowest BCUT2D eigenvalue weighted by molar-refractivity contribution is 0.0772. The highest BCUT2D eigenvalue weighted by Crippen LogP contribution is 2.34. The lowest BCUT2D eigenvalue weighted by atomic mass is 10.1. The number of amides is 1. The van der Waals surface area contributed by atoms with Crippen molar-refractivity contribution in [3.8, 4) is 11.5 Å². The largest absolute Gasteiger partial charge is 0.493 e. The summed E-state index contributed by atoms with van der Waals surface area (Å²) in [5, 5.41) is 0. The molecule has 1 aliphatic heterocycles. The molecule has 6 heteroatoms. The molecule has 3 rings (SSSR count). The Labute approximate surface area is 154 Å². The van der Waals surface area contributed by atoms with Gasteiger partial charge in [0.2, 0.25) is 0 Å². The predicted molar refractivity (Wildman–Crippen MR) is 98.8 cm³/mol. The van der Waals surface area contributed by atoms with E-state index in [1.807, 2.05) is 23.1 Å². The molecule has 6 nitrogen and oxygen atoms in total. The van der Waals surface area contributed by atoms with Crippen LogP contribution < -0.4 is 9.47 Å². The van der Waals surface area contributed by atoms with Crippen LogP contribution in [0.25, 0.3) is 0 Å². The fraction of sp³-hybridized carbons (Fsp3) is 0.450. The van der Waals surface area contributed by atoms with Gasteiger partial charge in [0, 0.05) is 31.6 Å². The molecule has 0 N–H and O–H groups in total. The maximum absolute atomic E-state index is 12.6. The van der Waals surface area contributed by atoms with Gasteiger partial charge in [-0.05, 0) is 49.8 Å². The number of hydrogen-bond donors (Lipinski definition) is 0. The van der Waals surface area contributed by atoms with E-state index in [1.54, 1.807) is 26.5 Å². The van der Waals surface area contributed by atoms with E-state index >= 15 is 0 Å². The molecule has 0 spiro atoms. The Morgan fingerprint density at radius 1 is 1.19 bits per heavy atom. The number of methoxy groups -OCH3 is 2. The third-order valence-corrected chi connectivity index (χ3v) is 4.78. The number of hydrogen-bond acceptors (Lipinski definition) is 5. The Kier molecular flexibility index (Phi) is 5.83. The molecule has 140 valence electrons. The summed E-state index contributed by atoms with van der Waals surface area (Å²) in [6.07, 6.45) is 3.54. The van der Waals surface area contributed by atoms with E-state index < -0.39 is 0 Å². The van der Waals surface area contributed by atoms with Crippen LogP contribution in [0.5, 0.6) is 11.5 Å². The molecule has 1 amide bonds. The summed E-state index contributed by atoms with van der Waals surface area (Å²) in [5.74, 6) is 2.33. The molecule has 2 heterocycles. The molecular formula is C20H26N2O4. The van der Waals surface area contributed by atoms with Crippen LogP contribution in [0.4, 0.5) is 0 Å². The smallest absolute Gasteiger partial charge is 0.254 e. The van der Waals surface area contributed by atoms with Crippen molar-refractivity contribution in [1.29, 1.82) is 0 Å². The fourth-order valence-electron chi connectivity index (χ4n) is 3.28. The lowest BCUT2D eigenvalue weighted by Gasteiger charge is -2.19. The summed E-state index contributed by atoms with van der Waals surface area (Å²) in [7, 11) is 5.29. The molecule has 0 fully saturated rings. The van der Waals surface area contributed by atoms with Crippen LogP contribution in [0.1, 0.15) is 28.1 Å². The first-order valence-electron chi connectivity index (χ1n) is 8.87. The van der Waals surface area contributed by atoms with E-state index in [2.05, 4.69) is 11.9 Å². The minimum Gasteiger partial charge on any atom is -0.493 e. The van der Waals surface area contributed by atoms with Crippen LogP contribution in [-0.4, -0.2) is 56.6 Å². The molecule has 26 heavy (non-hydrogen) atoms. The van der Waals surface area contributed by atoms with E-state index in [1.165, 1.54) is 0 Å². The number of nitrogens with zero attached hydrogens (tertiary/aromatic N) is 2. The average Bonchev–Trinajstić information content (AvgIpc) is 3.27. The Morgan fingerprint density at radius 3 is 2.65 bits per heavy atom. The van der Waals surface area contributed by atoms with Crippen molar-refractivity contribution in [2.75, 3.05) is 40.9 Å². The fourth-order valence-corrected chi connectivity index (χ4v) is 3.28. The summed E-state index contributed by atoms with van der Waals surface area (Å²) in [6, 6.07) is 7.60. The SMILES string of the molecule is COc1cc2c(cc1OC)C(=O)N(CCCN(C)CCc1ccco1)C2. The first kappa shape index (κ1) is 18.3. The molecule has 0 atom stereocenters. The van der Waals surface area contributed by atoms with E-state index in [0.29, 0.717) is 23.6 Å². The maximum atomic E-state index is 12.6. The van der Waals surface area contributed by atoms with Gasteiger partial charge in [0.05, 0.1) is 20.5 Å². The zero-order valence-electron chi connectivity index (χ0n) is 15.7. The number of fused-ring (bicyclic) bond motifs is 1. The second-order valence-corrected chi connectivity index (χ2v) is 6.58. The first-order valence-corrected chi connectivity index (χ1v) is 8.87. The van der Waals surface area contributed by atoms with Gasteiger partial charge in [-0.1, -0.05) is 0 Å². The molecule has 2 aromatic rings. The Hall–Kier alpha value is -2.47. The first-order chi connectivity index (χ1) is 12.6. The van der Waals surface area contributed by atoms with Gasteiger partial charge in [0.1, 0.15) is 5.76 Å². The van der Waals surface area contributed by atoms with Crippen molar-refractivity contribution in [1.82, 2.24) is 9.80 Å². The van der Waals surface area contributed by atoms with Gasteiger partial charge in [-0.3, -0.25) is 4.79 Å².